The molecule has 1 amide bonds. The van der Waals surface area contributed by atoms with Crippen LogP contribution in [0, 0.1) is 6.92 Å². The Labute approximate surface area is 170 Å². The van der Waals surface area contributed by atoms with Crippen LogP contribution < -0.4 is 5.32 Å². The summed E-state index contributed by atoms with van der Waals surface area (Å²) in [4.78, 5) is 16.0. The third kappa shape index (κ3) is 4.80. The summed E-state index contributed by atoms with van der Waals surface area (Å²) in [5.74, 6) is 2.30. The molecule has 0 spiro atoms. The first kappa shape index (κ1) is 19.6. The van der Waals surface area contributed by atoms with Gasteiger partial charge in [-0.1, -0.05) is 6.07 Å². The van der Waals surface area contributed by atoms with Gasteiger partial charge in [0.2, 0.25) is 5.91 Å². The first-order valence-electron chi connectivity index (χ1n) is 10.1. The third-order valence-electron chi connectivity index (χ3n) is 5.51. The highest BCUT2D eigenvalue weighted by molar-refractivity contribution is 8.00. The van der Waals surface area contributed by atoms with Gasteiger partial charge in [0.15, 0.2) is 0 Å². The van der Waals surface area contributed by atoms with Crippen LogP contribution in [0.2, 0.25) is 0 Å². The lowest BCUT2D eigenvalue weighted by atomic mass is 10.1. The molecular formula is C22H28N2O3S. The van der Waals surface area contributed by atoms with Gasteiger partial charge in [0, 0.05) is 24.5 Å². The van der Waals surface area contributed by atoms with Crippen molar-refractivity contribution in [1.29, 1.82) is 0 Å². The molecule has 0 saturated carbocycles. The van der Waals surface area contributed by atoms with Gasteiger partial charge in [-0.3, -0.25) is 9.69 Å². The fourth-order valence-corrected chi connectivity index (χ4v) is 4.77. The predicted octanol–water partition coefficient (Wildman–Crippen LogP) is 3.36. The molecule has 4 rings (SSSR count). The number of nitrogens with one attached hydrogen (secondary N) is 1. The number of nitrogens with zero attached hydrogens (tertiary/aromatic N) is 1. The van der Waals surface area contributed by atoms with Crippen LogP contribution in [-0.4, -0.2) is 49.4 Å². The molecule has 150 valence electrons. The Balaban J connectivity index is 1.32. The number of hydrogen-bond donors (Lipinski definition) is 1. The van der Waals surface area contributed by atoms with Crippen LogP contribution in [0.25, 0.3) is 0 Å². The van der Waals surface area contributed by atoms with E-state index in [4.69, 9.17) is 9.15 Å². The number of morpholine rings is 1. The Kier molecular flexibility index (Phi) is 6.40. The van der Waals surface area contributed by atoms with E-state index < -0.39 is 0 Å². The summed E-state index contributed by atoms with van der Waals surface area (Å²) in [6.07, 6.45) is 3.61. The van der Waals surface area contributed by atoms with Crippen LogP contribution in [0.15, 0.2) is 39.6 Å². The zero-order valence-electron chi connectivity index (χ0n) is 16.4. The van der Waals surface area contributed by atoms with E-state index in [0.29, 0.717) is 12.3 Å². The van der Waals surface area contributed by atoms with Gasteiger partial charge in [-0.05, 0) is 61.6 Å². The number of carbonyl (C=O) groups is 1. The maximum Gasteiger partial charge on any atom is 0.230 e. The number of hydrogen-bond acceptors (Lipinski definition) is 5. The van der Waals surface area contributed by atoms with Crippen molar-refractivity contribution < 1.29 is 13.9 Å². The fourth-order valence-electron chi connectivity index (χ4n) is 3.98. The Hall–Kier alpha value is -1.76. The number of rotatable bonds is 7. The number of benzene rings is 1. The van der Waals surface area contributed by atoms with Gasteiger partial charge in [-0.15, -0.1) is 11.8 Å². The molecule has 2 aromatic rings. The van der Waals surface area contributed by atoms with Crippen molar-refractivity contribution in [3.05, 3.63) is 53.0 Å². The van der Waals surface area contributed by atoms with E-state index in [-0.39, 0.29) is 11.9 Å². The zero-order chi connectivity index (χ0) is 19.3. The standard InChI is InChI=1S/C22H28N2O3S/c1-16-5-8-21(27-16)20(24-9-11-26-12-10-24)14-23-22(25)15-28-19-7-6-17-3-2-4-18(17)13-19/h5-8,13,20H,2-4,9-12,14-15H2,1H3,(H,23,25). The molecule has 2 aliphatic rings. The van der Waals surface area contributed by atoms with Gasteiger partial charge < -0.3 is 14.5 Å². The highest BCUT2D eigenvalue weighted by atomic mass is 32.2. The predicted molar refractivity (Wildman–Crippen MR) is 111 cm³/mol. The molecule has 1 unspecified atom stereocenters. The van der Waals surface area contributed by atoms with Crippen LogP contribution in [0.5, 0.6) is 0 Å². The van der Waals surface area contributed by atoms with Crippen LogP contribution in [-0.2, 0) is 22.4 Å². The van der Waals surface area contributed by atoms with Crippen molar-refractivity contribution in [2.75, 3.05) is 38.6 Å². The summed E-state index contributed by atoms with van der Waals surface area (Å²) in [5.41, 5.74) is 2.92. The quantitative estimate of drug-likeness (QED) is 0.723. The molecule has 28 heavy (non-hydrogen) atoms. The van der Waals surface area contributed by atoms with Crippen LogP contribution in [0.3, 0.4) is 0 Å². The Morgan fingerprint density at radius 2 is 2.00 bits per heavy atom. The Morgan fingerprint density at radius 3 is 2.79 bits per heavy atom. The zero-order valence-corrected chi connectivity index (χ0v) is 17.2. The number of thioether (sulfide) groups is 1. The maximum absolute atomic E-state index is 12.5. The van der Waals surface area contributed by atoms with E-state index in [1.807, 2.05) is 19.1 Å². The maximum atomic E-state index is 12.5. The first-order chi connectivity index (χ1) is 13.7. The molecule has 1 N–H and O–H groups in total. The summed E-state index contributed by atoms with van der Waals surface area (Å²) in [6.45, 7) is 5.65. The molecule has 1 aromatic heterocycles. The average molecular weight is 401 g/mol. The normalized spacial score (nSPS) is 18.0. The smallest absolute Gasteiger partial charge is 0.230 e. The second-order valence-electron chi connectivity index (χ2n) is 7.49. The molecule has 1 aromatic carbocycles. The molecule has 1 fully saturated rings. The second-order valence-corrected chi connectivity index (χ2v) is 8.54. The molecular weight excluding hydrogens is 372 g/mol. The van der Waals surface area contributed by atoms with E-state index in [1.165, 1.54) is 35.3 Å². The highest BCUT2D eigenvalue weighted by Gasteiger charge is 2.25. The summed E-state index contributed by atoms with van der Waals surface area (Å²) in [7, 11) is 0. The van der Waals surface area contributed by atoms with E-state index in [9.17, 15) is 4.79 Å². The van der Waals surface area contributed by atoms with Gasteiger partial charge in [0.1, 0.15) is 11.5 Å². The van der Waals surface area contributed by atoms with Crippen LogP contribution in [0.1, 0.15) is 35.1 Å². The number of amides is 1. The summed E-state index contributed by atoms with van der Waals surface area (Å²) < 4.78 is 11.3. The number of aryl methyl sites for hydroxylation is 3. The monoisotopic (exact) mass is 400 g/mol. The molecule has 1 aliphatic carbocycles. The third-order valence-corrected chi connectivity index (χ3v) is 6.50. The highest BCUT2D eigenvalue weighted by Crippen LogP contribution is 2.28. The fraction of sp³-hybridized carbons (Fsp3) is 0.500. The summed E-state index contributed by atoms with van der Waals surface area (Å²) in [6, 6.07) is 10.7. The SMILES string of the molecule is Cc1ccc(C(CNC(=O)CSc2ccc3c(c2)CCC3)N2CCOCC2)o1. The van der Waals surface area contributed by atoms with Gasteiger partial charge in [0.25, 0.3) is 0 Å². The van der Waals surface area contributed by atoms with E-state index in [1.54, 1.807) is 11.8 Å². The number of furan rings is 1. The summed E-state index contributed by atoms with van der Waals surface area (Å²) >= 11 is 1.61. The van der Waals surface area contributed by atoms with Gasteiger partial charge in [-0.25, -0.2) is 0 Å². The lowest BCUT2D eigenvalue weighted by Gasteiger charge is -2.33. The molecule has 2 heterocycles. The minimum Gasteiger partial charge on any atom is -0.465 e. The van der Waals surface area contributed by atoms with Crippen molar-refractivity contribution in [3.63, 3.8) is 0 Å². The lowest BCUT2D eigenvalue weighted by Crippen LogP contribution is -2.44. The molecule has 0 bridgehead atoms. The molecule has 1 saturated heterocycles. The van der Waals surface area contributed by atoms with Gasteiger partial charge in [0.05, 0.1) is 25.0 Å². The average Bonchev–Trinajstić information content (AvgIpc) is 3.36. The van der Waals surface area contributed by atoms with Crippen molar-refractivity contribution in [2.45, 2.75) is 37.1 Å². The van der Waals surface area contributed by atoms with Crippen molar-refractivity contribution in [1.82, 2.24) is 10.2 Å². The van der Waals surface area contributed by atoms with Gasteiger partial charge in [-0.2, -0.15) is 0 Å². The number of carbonyl (C=O) groups excluding carboxylic acids is 1. The van der Waals surface area contributed by atoms with E-state index in [2.05, 4.69) is 28.4 Å². The van der Waals surface area contributed by atoms with E-state index >= 15 is 0 Å². The minimum absolute atomic E-state index is 0.0477. The molecule has 6 heteroatoms. The minimum atomic E-state index is 0.0477. The lowest BCUT2D eigenvalue weighted by molar-refractivity contribution is -0.118. The molecule has 5 nitrogen and oxygen atoms in total. The summed E-state index contributed by atoms with van der Waals surface area (Å²) in [5, 5.41) is 3.11. The Bertz CT molecular complexity index is 814. The first-order valence-corrected chi connectivity index (χ1v) is 11.1. The molecule has 1 aliphatic heterocycles. The molecule has 1 atom stereocenters. The van der Waals surface area contributed by atoms with E-state index in [0.717, 1.165) is 37.8 Å². The molecule has 0 radical (unpaired) electrons. The van der Waals surface area contributed by atoms with Gasteiger partial charge >= 0.3 is 0 Å². The van der Waals surface area contributed by atoms with Crippen molar-refractivity contribution in [3.8, 4) is 0 Å². The second kappa shape index (κ2) is 9.16. The van der Waals surface area contributed by atoms with Crippen molar-refractivity contribution in [2.24, 2.45) is 0 Å². The Morgan fingerprint density at radius 1 is 1.18 bits per heavy atom. The number of ether oxygens (including phenoxy) is 1. The van der Waals surface area contributed by atoms with Crippen LogP contribution >= 0.6 is 11.8 Å². The number of fused-ring (bicyclic) bond motifs is 1. The largest absolute Gasteiger partial charge is 0.465 e. The van der Waals surface area contributed by atoms with Crippen LogP contribution in [0.4, 0.5) is 0 Å². The topological polar surface area (TPSA) is 54.7 Å². The van der Waals surface area contributed by atoms with Crippen molar-refractivity contribution >= 4 is 17.7 Å².